The highest BCUT2D eigenvalue weighted by Crippen LogP contribution is 2.27. The third kappa shape index (κ3) is 2.82. The number of rotatable bonds is 6. The zero-order valence-corrected chi connectivity index (χ0v) is 12.8. The fraction of sp³-hybridized carbons (Fsp3) is 0.357. The molecule has 110 valence electrons. The summed E-state index contributed by atoms with van der Waals surface area (Å²) in [4.78, 5) is 0.803. The van der Waals surface area contributed by atoms with Crippen LogP contribution in [-0.2, 0) is 13.0 Å². The van der Waals surface area contributed by atoms with Crippen molar-refractivity contribution in [1.29, 1.82) is 0 Å². The predicted molar refractivity (Wildman–Crippen MR) is 80.0 cm³/mol. The van der Waals surface area contributed by atoms with Gasteiger partial charge in [-0.2, -0.15) is 9.61 Å². The summed E-state index contributed by atoms with van der Waals surface area (Å²) in [5, 5.41) is 13.6. The molecule has 0 saturated heterocycles. The second-order valence-corrected chi connectivity index (χ2v) is 5.54. The summed E-state index contributed by atoms with van der Waals surface area (Å²) in [7, 11) is 1.63. The van der Waals surface area contributed by atoms with Crippen molar-refractivity contribution in [2.24, 2.45) is 0 Å². The molecule has 7 heteroatoms. The monoisotopic (exact) mass is 304 g/mol. The maximum absolute atomic E-state index is 5.77. The lowest BCUT2D eigenvalue weighted by molar-refractivity contribution is 0.283. The van der Waals surface area contributed by atoms with Gasteiger partial charge in [0.05, 0.1) is 7.11 Å². The molecule has 0 fully saturated rings. The Morgan fingerprint density at radius 1 is 1.19 bits per heavy atom. The number of aryl methyl sites for hydroxylation is 1. The Bertz CT molecular complexity index is 737. The van der Waals surface area contributed by atoms with Crippen molar-refractivity contribution in [3.63, 3.8) is 0 Å². The van der Waals surface area contributed by atoms with Gasteiger partial charge < -0.3 is 9.47 Å². The van der Waals surface area contributed by atoms with Crippen LogP contribution < -0.4 is 9.47 Å². The first-order chi connectivity index (χ1) is 10.3. The zero-order chi connectivity index (χ0) is 14.7. The van der Waals surface area contributed by atoms with E-state index in [0.717, 1.165) is 28.6 Å². The summed E-state index contributed by atoms with van der Waals surface area (Å²) >= 11 is 1.49. The van der Waals surface area contributed by atoms with Crippen molar-refractivity contribution in [3.05, 3.63) is 35.1 Å². The summed E-state index contributed by atoms with van der Waals surface area (Å²) in [6, 6.07) is 7.57. The number of hydrogen-bond donors (Lipinski definition) is 0. The topological polar surface area (TPSA) is 61.5 Å². The fourth-order valence-electron chi connectivity index (χ4n) is 2.01. The molecule has 0 spiro atoms. The summed E-state index contributed by atoms with van der Waals surface area (Å²) < 4.78 is 12.8. The van der Waals surface area contributed by atoms with Crippen LogP contribution in [0.25, 0.3) is 4.96 Å². The van der Waals surface area contributed by atoms with E-state index in [1.807, 2.05) is 24.3 Å². The average molecular weight is 304 g/mol. The Hall–Kier alpha value is -2.15. The molecule has 1 aromatic carbocycles. The van der Waals surface area contributed by atoms with Crippen molar-refractivity contribution in [1.82, 2.24) is 19.8 Å². The van der Waals surface area contributed by atoms with Crippen LogP contribution in [0, 0.1) is 0 Å². The van der Waals surface area contributed by atoms with Gasteiger partial charge in [-0.3, -0.25) is 0 Å². The molecule has 6 nitrogen and oxygen atoms in total. The molecule has 0 unspecified atom stereocenters. The molecule has 0 bridgehead atoms. The first-order valence-corrected chi connectivity index (χ1v) is 7.59. The largest absolute Gasteiger partial charge is 0.493 e. The highest BCUT2D eigenvalue weighted by molar-refractivity contribution is 7.16. The van der Waals surface area contributed by atoms with Crippen LogP contribution in [-0.4, -0.2) is 26.9 Å². The third-order valence-electron chi connectivity index (χ3n) is 2.99. The van der Waals surface area contributed by atoms with Crippen molar-refractivity contribution in [2.45, 2.75) is 26.4 Å². The van der Waals surface area contributed by atoms with Gasteiger partial charge in [-0.05, 0) is 18.6 Å². The van der Waals surface area contributed by atoms with E-state index in [-0.39, 0.29) is 0 Å². The fourth-order valence-corrected chi connectivity index (χ4v) is 2.78. The molecule has 0 aliphatic rings. The maximum atomic E-state index is 5.77. The van der Waals surface area contributed by atoms with Crippen LogP contribution in [0.3, 0.4) is 0 Å². The van der Waals surface area contributed by atoms with Gasteiger partial charge in [0.25, 0.3) is 0 Å². The molecule has 0 saturated carbocycles. The lowest BCUT2D eigenvalue weighted by Gasteiger charge is -2.08. The second-order valence-electron chi connectivity index (χ2n) is 4.50. The number of hydrogen-bond acceptors (Lipinski definition) is 6. The van der Waals surface area contributed by atoms with Gasteiger partial charge in [-0.1, -0.05) is 30.4 Å². The molecule has 3 aromatic rings. The van der Waals surface area contributed by atoms with E-state index >= 15 is 0 Å². The van der Waals surface area contributed by atoms with E-state index in [1.54, 1.807) is 11.6 Å². The van der Waals surface area contributed by atoms with Gasteiger partial charge >= 0.3 is 0 Å². The average Bonchev–Trinajstić information content (AvgIpc) is 3.07. The first-order valence-electron chi connectivity index (χ1n) is 6.77. The van der Waals surface area contributed by atoms with Crippen LogP contribution in [0.1, 0.15) is 24.2 Å². The molecule has 3 rings (SSSR count). The van der Waals surface area contributed by atoms with Crippen LogP contribution in [0.2, 0.25) is 0 Å². The molecule has 2 aromatic heterocycles. The number of benzene rings is 1. The van der Waals surface area contributed by atoms with Gasteiger partial charge in [0, 0.05) is 6.42 Å². The summed E-state index contributed by atoms with van der Waals surface area (Å²) in [6.45, 7) is 2.50. The quantitative estimate of drug-likeness (QED) is 0.700. The molecule has 0 atom stereocenters. The second kappa shape index (κ2) is 6.09. The molecule has 0 aliphatic heterocycles. The molecule has 0 radical (unpaired) electrons. The van der Waals surface area contributed by atoms with Gasteiger partial charge in [-0.15, -0.1) is 10.2 Å². The van der Waals surface area contributed by atoms with Crippen LogP contribution >= 0.6 is 11.3 Å². The number of fused-ring (bicyclic) bond motifs is 1. The van der Waals surface area contributed by atoms with Crippen molar-refractivity contribution < 1.29 is 9.47 Å². The third-order valence-corrected chi connectivity index (χ3v) is 3.86. The summed E-state index contributed by atoms with van der Waals surface area (Å²) in [5.74, 6) is 2.32. The highest BCUT2D eigenvalue weighted by Gasteiger charge is 2.12. The Kier molecular flexibility index (Phi) is 4.01. The Morgan fingerprint density at radius 2 is 2.00 bits per heavy atom. The van der Waals surface area contributed by atoms with Crippen LogP contribution in [0.15, 0.2) is 24.3 Å². The van der Waals surface area contributed by atoms with E-state index < -0.39 is 0 Å². The number of ether oxygens (including phenoxy) is 2. The molecule has 0 aliphatic carbocycles. The van der Waals surface area contributed by atoms with Gasteiger partial charge in [0.15, 0.2) is 22.3 Å². The van der Waals surface area contributed by atoms with E-state index in [1.165, 1.54) is 11.3 Å². The molecular weight excluding hydrogens is 288 g/mol. The maximum Gasteiger partial charge on any atom is 0.234 e. The number of nitrogens with zero attached hydrogens (tertiary/aromatic N) is 4. The van der Waals surface area contributed by atoms with Gasteiger partial charge in [0.1, 0.15) is 6.61 Å². The standard InChI is InChI=1S/C14H16N4O2S/c1-3-6-12-15-16-14-18(12)17-13(21-14)9-20-11-8-5-4-7-10(11)19-2/h4-5,7-8H,3,6,9H2,1-2H3. The molecule has 0 N–H and O–H groups in total. The number of para-hydroxylation sites is 2. The van der Waals surface area contributed by atoms with E-state index in [2.05, 4.69) is 22.2 Å². The summed E-state index contributed by atoms with van der Waals surface area (Å²) in [5.41, 5.74) is 0. The van der Waals surface area contributed by atoms with E-state index in [0.29, 0.717) is 18.1 Å². The van der Waals surface area contributed by atoms with E-state index in [9.17, 15) is 0 Å². The summed E-state index contributed by atoms with van der Waals surface area (Å²) in [6.07, 6.45) is 1.89. The molecular formula is C14H16N4O2S. The Morgan fingerprint density at radius 3 is 2.76 bits per heavy atom. The molecule has 2 heterocycles. The lowest BCUT2D eigenvalue weighted by Crippen LogP contribution is -2.00. The Labute approximate surface area is 126 Å². The predicted octanol–water partition coefficient (Wildman–Crippen LogP) is 2.73. The van der Waals surface area contributed by atoms with E-state index in [4.69, 9.17) is 9.47 Å². The van der Waals surface area contributed by atoms with Crippen molar-refractivity contribution >= 4 is 16.3 Å². The van der Waals surface area contributed by atoms with Gasteiger partial charge in [-0.25, -0.2) is 0 Å². The smallest absolute Gasteiger partial charge is 0.234 e. The lowest BCUT2D eigenvalue weighted by atomic mass is 10.3. The first kappa shape index (κ1) is 13.8. The highest BCUT2D eigenvalue weighted by atomic mass is 32.1. The van der Waals surface area contributed by atoms with Crippen molar-refractivity contribution in [2.75, 3.05) is 7.11 Å². The number of aromatic nitrogens is 4. The minimum atomic E-state index is 0.389. The Balaban J connectivity index is 1.76. The normalized spacial score (nSPS) is 11.0. The van der Waals surface area contributed by atoms with Crippen molar-refractivity contribution in [3.8, 4) is 11.5 Å². The zero-order valence-electron chi connectivity index (χ0n) is 11.9. The molecule has 21 heavy (non-hydrogen) atoms. The SMILES string of the molecule is CCCc1nnc2sc(COc3ccccc3OC)nn12. The number of methoxy groups -OCH3 is 1. The van der Waals surface area contributed by atoms with Gasteiger partial charge in [0.2, 0.25) is 4.96 Å². The van der Waals surface area contributed by atoms with Crippen LogP contribution in [0.5, 0.6) is 11.5 Å². The molecule has 0 amide bonds. The minimum Gasteiger partial charge on any atom is -0.493 e. The van der Waals surface area contributed by atoms with Crippen LogP contribution in [0.4, 0.5) is 0 Å². The minimum absolute atomic E-state index is 0.389.